The van der Waals surface area contributed by atoms with E-state index in [1.165, 1.54) is 0 Å². The lowest BCUT2D eigenvalue weighted by Crippen LogP contribution is -1.98. The fourth-order valence-corrected chi connectivity index (χ4v) is 3.68. The molecule has 0 amide bonds. The van der Waals surface area contributed by atoms with Crippen molar-refractivity contribution in [1.29, 1.82) is 0 Å². The number of hydrogen-bond donors (Lipinski definition) is 2. The van der Waals surface area contributed by atoms with Gasteiger partial charge >= 0.3 is 5.97 Å². The molecule has 24 heavy (non-hydrogen) atoms. The number of hydrogen-bond acceptors (Lipinski definition) is 4. The van der Waals surface area contributed by atoms with Crippen LogP contribution in [0.3, 0.4) is 0 Å². The first kappa shape index (κ1) is 14.9. The number of nitrogens with zero attached hydrogens (tertiary/aromatic N) is 1. The lowest BCUT2D eigenvalue weighted by atomic mass is 10.1. The molecule has 0 unspecified atom stereocenters. The van der Waals surface area contributed by atoms with Gasteiger partial charge in [0.15, 0.2) is 0 Å². The Morgan fingerprint density at radius 2 is 1.92 bits per heavy atom. The number of carboxylic acid groups (broad SMARTS) is 1. The number of anilines is 2. The predicted octanol–water partition coefficient (Wildman–Crippen LogP) is 5.54. The zero-order valence-corrected chi connectivity index (χ0v) is 13.9. The maximum absolute atomic E-state index is 11.2. The van der Waals surface area contributed by atoms with Gasteiger partial charge in [0.2, 0.25) is 0 Å². The third kappa shape index (κ3) is 2.58. The Hall–Kier alpha value is -2.63. The van der Waals surface area contributed by atoms with Gasteiger partial charge in [0.25, 0.3) is 0 Å². The third-order valence-corrected chi connectivity index (χ3v) is 4.75. The maximum atomic E-state index is 11.2. The smallest absolute Gasteiger partial charge is 0.335 e. The molecule has 4 nitrogen and oxygen atoms in total. The van der Waals surface area contributed by atoms with Crippen LogP contribution in [0.25, 0.3) is 21.7 Å². The summed E-state index contributed by atoms with van der Waals surface area (Å²) in [6.07, 6.45) is 0. The van der Waals surface area contributed by atoms with Crippen LogP contribution >= 0.6 is 22.9 Å². The molecule has 118 valence electrons. The molecule has 0 radical (unpaired) electrons. The monoisotopic (exact) mass is 354 g/mol. The molecular formula is C18H11ClN2O2S. The molecule has 2 aromatic carbocycles. The summed E-state index contributed by atoms with van der Waals surface area (Å²) in [5.41, 5.74) is 1.69. The van der Waals surface area contributed by atoms with Gasteiger partial charge in [-0.15, -0.1) is 0 Å². The van der Waals surface area contributed by atoms with Gasteiger partial charge in [-0.2, -0.15) is 11.3 Å². The van der Waals surface area contributed by atoms with Crippen LogP contribution in [0, 0.1) is 0 Å². The normalized spacial score (nSPS) is 11.0. The lowest BCUT2D eigenvalue weighted by molar-refractivity contribution is 0.0697. The molecule has 0 bridgehead atoms. The van der Waals surface area contributed by atoms with Crippen molar-refractivity contribution in [1.82, 2.24) is 4.98 Å². The van der Waals surface area contributed by atoms with Crippen molar-refractivity contribution in [3.63, 3.8) is 0 Å². The molecule has 0 aliphatic rings. The van der Waals surface area contributed by atoms with Crippen LogP contribution in [0.2, 0.25) is 5.02 Å². The first-order valence-electron chi connectivity index (χ1n) is 7.17. The van der Waals surface area contributed by atoms with Gasteiger partial charge in [0, 0.05) is 32.2 Å². The number of nitrogens with one attached hydrogen (secondary N) is 1. The van der Waals surface area contributed by atoms with Crippen LogP contribution in [0.1, 0.15) is 10.4 Å². The summed E-state index contributed by atoms with van der Waals surface area (Å²) in [6, 6.07) is 12.4. The molecule has 0 fully saturated rings. The van der Waals surface area contributed by atoms with Gasteiger partial charge in [-0.05, 0) is 35.7 Å². The number of rotatable bonds is 3. The van der Waals surface area contributed by atoms with Gasteiger partial charge in [0.05, 0.1) is 11.1 Å². The van der Waals surface area contributed by atoms with E-state index < -0.39 is 5.97 Å². The number of carboxylic acids is 1. The van der Waals surface area contributed by atoms with E-state index in [9.17, 15) is 9.90 Å². The van der Waals surface area contributed by atoms with Gasteiger partial charge < -0.3 is 10.4 Å². The van der Waals surface area contributed by atoms with Gasteiger partial charge in [-0.3, -0.25) is 0 Å². The zero-order valence-electron chi connectivity index (χ0n) is 12.3. The average Bonchev–Trinajstić information content (AvgIpc) is 3.04. The van der Waals surface area contributed by atoms with Crippen LogP contribution in [0.4, 0.5) is 11.5 Å². The third-order valence-electron chi connectivity index (χ3n) is 3.77. The summed E-state index contributed by atoms with van der Waals surface area (Å²) in [7, 11) is 0. The zero-order chi connectivity index (χ0) is 16.7. The Morgan fingerprint density at radius 3 is 2.71 bits per heavy atom. The highest BCUT2D eigenvalue weighted by molar-refractivity contribution is 7.09. The van der Waals surface area contributed by atoms with Crippen molar-refractivity contribution >= 4 is 62.1 Å². The molecule has 0 atom stereocenters. The Kier molecular flexibility index (Phi) is 3.59. The molecule has 2 aromatic heterocycles. The molecule has 0 aliphatic carbocycles. The number of aromatic nitrogens is 1. The number of fused-ring (bicyclic) bond motifs is 3. The molecule has 2 N–H and O–H groups in total. The summed E-state index contributed by atoms with van der Waals surface area (Å²) in [4.78, 5) is 15.8. The standard InChI is InChI=1S/C18H11ClN2O2S/c19-11-2-1-3-12(7-11)20-17-15-9-24-8-14(15)13-5-4-10(18(22)23)6-16(13)21-17/h1-9H,(H,20,21)(H,22,23). The van der Waals surface area contributed by atoms with E-state index >= 15 is 0 Å². The molecule has 6 heteroatoms. The van der Waals surface area contributed by atoms with E-state index in [0.717, 1.165) is 21.8 Å². The van der Waals surface area contributed by atoms with Gasteiger partial charge in [0.1, 0.15) is 5.82 Å². The van der Waals surface area contributed by atoms with E-state index in [4.69, 9.17) is 11.6 Å². The highest BCUT2D eigenvalue weighted by Crippen LogP contribution is 2.34. The lowest BCUT2D eigenvalue weighted by Gasteiger charge is -2.10. The predicted molar refractivity (Wildman–Crippen MR) is 98.8 cm³/mol. The minimum Gasteiger partial charge on any atom is -0.478 e. The Morgan fingerprint density at radius 1 is 1.08 bits per heavy atom. The van der Waals surface area contributed by atoms with Crippen molar-refractivity contribution < 1.29 is 9.90 Å². The first-order valence-corrected chi connectivity index (χ1v) is 8.49. The van der Waals surface area contributed by atoms with E-state index in [0.29, 0.717) is 16.4 Å². The highest BCUT2D eigenvalue weighted by atomic mass is 35.5. The Balaban J connectivity index is 1.92. The number of thiophene rings is 1. The summed E-state index contributed by atoms with van der Waals surface area (Å²) in [5.74, 6) is -0.281. The highest BCUT2D eigenvalue weighted by Gasteiger charge is 2.12. The Bertz CT molecular complexity index is 1090. The maximum Gasteiger partial charge on any atom is 0.335 e. The molecule has 0 aliphatic heterocycles. The second-order valence-corrected chi connectivity index (χ2v) is 6.51. The fraction of sp³-hybridized carbons (Fsp3) is 0. The summed E-state index contributed by atoms with van der Waals surface area (Å²) >= 11 is 7.62. The molecule has 0 saturated carbocycles. The second kappa shape index (κ2) is 5.78. The number of halogens is 1. The van der Waals surface area contributed by atoms with Crippen molar-refractivity contribution in [2.75, 3.05) is 5.32 Å². The van der Waals surface area contributed by atoms with Crippen molar-refractivity contribution in [2.45, 2.75) is 0 Å². The van der Waals surface area contributed by atoms with Gasteiger partial charge in [-0.1, -0.05) is 23.7 Å². The summed E-state index contributed by atoms with van der Waals surface area (Å²) < 4.78 is 0. The SMILES string of the molecule is O=C(O)c1ccc2c(c1)nc(Nc1cccc(Cl)c1)c1cscc12. The van der Waals surface area contributed by atoms with Gasteiger partial charge in [-0.25, -0.2) is 9.78 Å². The van der Waals surface area contributed by atoms with Crippen LogP contribution in [-0.4, -0.2) is 16.1 Å². The van der Waals surface area contributed by atoms with E-state index in [1.54, 1.807) is 29.5 Å². The largest absolute Gasteiger partial charge is 0.478 e. The van der Waals surface area contributed by atoms with Crippen LogP contribution < -0.4 is 5.32 Å². The van der Waals surface area contributed by atoms with E-state index in [2.05, 4.69) is 10.3 Å². The average molecular weight is 355 g/mol. The van der Waals surface area contributed by atoms with Crippen molar-refractivity contribution in [3.05, 3.63) is 63.8 Å². The molecule has 4 rings (SSSR count). The Labute approximate surface area is 146 Å². The molecule has 0 saturated heterocycles. The minimum absolute atomic E-state index is 0.221. The van der Waals surface area contributed by atoms with Crippen LogP contribution in [0.5, 0.6) is 0 Å². The van der Waals surface area contributed by atoms with E-state index in [1.807, 2.05) is 35.0 Å². The summed E-state index contributed by atoms with van der Waals surface area (Å²) in [5, 5.41) is 20.2. The van der Waals surface area contributed by atoms with Crippen molar-refractivity contribution in [3.8, 4) is 0 Å². The minimum atomic E-state index is -0.964. The number of benzene rings is 2. The second-order valence-electron chi connectivity index (χ2n) is 5.33. The number of pyridine rings is 1. The van der Waals surface area contributed by atoms with Crippen LogP contribution in [0.15, 0.2) is 53.2 Å². The number of carbonyl (C=O) groups is 1. The van der Waals surface area contributed by atoms with Crippen molar-refractivity contribution in [2.24, 2.45) is 0 Å². The fourth-order valence-electron chi connectivity index (χ4n) is 2.65. The van der Waals surface area contributed by atoms with Crippen LogP contribution in [-0.2, 0) is 0 Å². The molecule has 2 heterocycles. The molecular weight excluding hydrogens is 344 g/mol. The topological polar surface area (TPSA) is 62.2 Å². The quantitative estimate of drug-likeness (QED) is 0.506. The molecule has 0 spiro atoms. The molecule has 4 aromatic rings. The van der Waals surface area contributed by atoms with E-state index in [-0.39, 0.29) is 5.56 Å². The summed E-state index contributed by atoms with van der Waals surface area (Å²) in [6.45, 7) is 0. The number of aromatic carboxylic acids is 1. The first-order chi connectivity index (χ1) is 11.6.